The van der Waals surface area contributed by atoms with Crippen molar-refractivity contribution in [2.75, 3.05) is 5.32 Å². The minimum atomic E-state index is -0.725. The van der Waals surface area contributed by atoms with Crippen LogP contribution in [0.15, 0.2) is 59.4 Å². The molecule has 6 heteroatoms. The van der Waals surface area contributed by atoms with Gasteiger partial charge in [-0.25, -0.2) is 4.68 Å². The van der Waals surface area contributed by atoms with E-state index in [9.17, 15) is 9.59 Å². The van der Waals surface area contributed by atoms with Gasteiger partial charge in [-0.1, -0.05) is 42.3 Å². The molecule has 1 aromatic heterocycles. The number of carbonyl (C=O) groups is 1. The van der Waals surface area contributed by atoms with Crippen LogP contribution in [0, 0.1) is 13.8 Å². The number of carbonyl (C=O) groups excluding carboxylic acids is 1. The Morgan fingerprint density at radius 3 is 2.64 bits per heavy atom. The van der Waals surface area contributed by atoms with Crippen LogP contribution in [0.25, 0.3) is 11.3 Å². The van der Waals surface area contributed by atoms with Gasteiger partial charge in [-0.05, 0) is 56.2 Å². The van der Waals surface area contributed by atoms with Crippen LogP contribution < -0.4 is 10.9 Å². The maximum absolute atomic E-state index is 12.8. The van der Waals surface area contributed by atoms with Gasteiger partial charge in [-0.2, -0.15) is 5.10 Å². The number of nitrogens with zero attached hydrogens (tertiary/aromatic N) is 2. The fraction of sp³-hybridized carbons (Fsp3) is 0.227. The SMILES string of the molecule is CC[C@H](C(=O)Nc1cccc(Cl)c1)n1nc(-c2cc(C)ccc2C)ccc1=O. The van der Waals surface area contributed by atoms with Crippen molar-refractivity contribution in [2.45, 2.75) is 33.2 Å². The van der Waals surface area contributed by atoms with Crippen LogP contribution in [0.4, 0.5) is 5.69 Å². The number of aromatic nitrogens is 2. The highest BCUT2D eigenvalue weighted by atomic mass is 35.5. The van der Waals surface area contributed by atoms with Gasteiger partial charge < -0.3 is 5.32 Å². The van der Waals surface area contributed by atoms with E-state index in [1.807, 2.05) is 39.0 Å². The van der Waals surface area contributed by atoms with Gasteiger partial charge >= 0.3 is 0 Å². The lowest BCUT2D eigenvalue weighted by Crippen LogP contribution is -2.34. The summed E-state index contributed by atoms with van der Waals surface area (Å²) in [6, 6.07) is 15.4. The maximum atomic E-state index is 12.8. The average molecular weight is 396 g/mol. The zero-order chi connectivity index (χ0) is 20.3. The Balaban J connectivity index is 1.97. The third-order valence-corrected chi connectivity index (χ3v) is 4.81. The van der Waals surface area contributed by atoms with E-state index < -0.39 is 6.04 Å². The van der Waals surface area contributed by atoms with Crippen molar-refractivity contribution in [1.82, 2.24) is 9.78 Å². The summed E-state index contributed by atoms with van der Waals surface area (Å²) in [7, 11) is 0. The summed E-state index contributed by atoms with van der Waals surface area (Å²) in [5.41, 5.74) is 4.02. The number of benzene rings is 2. The molecule has 1 atom stereocenters. The highest BCUT2D eigenvalue weighted by Crippen LogP contribution is 2.23. The molecule has 0 aliphatic heterocycles. The molecule has 0 bridgehead atoms. The summed E-state index contributed by atoms with van der Waals surface area (Å²) in [5, 5.41) is 7.86. The van der Waals surface area contributed by atoms with Gasteiger partial charge in [0.15, 0.2) is 0 Å². The Morgan fingerprint density at radius 1 is 1.14 bits per heavy atom. The topological polar surface area (TPSA) is 64.0 Å². The summed E-state index contributed by atoms with van der Waals surface area (Å²) >= 11 is 5.98. The summed E-state index contributed by atoms with van der Waals surface area (Å²) in [6.45, 7) is 5.85. The molecule has 0 saturated heterocycles. The van der Waals surface area contributed by atoms with Crippen LogP contribution in [-0.4, -0.2) is 15.7 Å². The maximum Gasteiger partial charge on any atom is 0.267 e. The predicted molar refractivity (Wildman–Crippen MR) is 113 cm³/mol. The number of anilines is 1. The first kappa shape index (κ1) is 19.8. The van der Waals surface area contributed by atoms with Crippen molar-refractivity contribution in [1.29, 1.82) is 0 Å². The monoisotopic (exact) mass is 395 g/mol. The number of aryl methyl sites for hydroxylation is 2. The summed E-state index contributed by atoms with van der Waals surface area (Å²) in [4.78, 5) is 25.3. The Labute approximate surface area is 169 Å². The average Bonchev–Trinajstić information content (AvgIpc) is 2.66. The van der Waals surface area contributed by atoms with Crippen molar-refractivity contribution in [3.05, 3.63) is 81.1 Å². The van der Waals surface area contributed by atoms with Gasteiger partial charge in [-0.15, -0.1) is 0 Å². The van der Waals surface area contributed by atoms with Crippen LogP contribution in [0.1, 0.15) is 30.5 Å². The Bertz CT molecular complexity index is 1080. The van der Waals surface area contributed by atoms with E-state index in [0.717, 1.165) is 16.7 Å². The first-order valence-corrected chi connectivity index (χ1v) is 9.50. The molecule has 0 fully saturated rings. The number of hydrogen-bond acceptors (Lipinski definition) is 3. The zero-order valence-electron chi connectivity index (χ0n) is 16.1. The van der Waals surface area contributed by atoms with Crippen molar-refractivity contribution in [3.8, 4) is 11.3 Å². The Morgan fingerprint density at radius 2 is 1.93 bits per heavy atom. The van der Waals surface area contributed by atoms with E-state index >= 15 is 0 Å². The minimum absolute atomic E-state index is 0.308. The smallest absolute Gasteiger partial charge is 0.267 e. The molecule has 1 amide bonds. The molecular weight excluding hydrogens is 374 g/mol. The molecule has 0 aliphatic carbocycles. The lowest BCUT2D eigenvalue weighted by molar-refractivity contribution is -0.119. The molecular formula is C22H22ClN3O2. The van der Waals surface area contributed by atoms with Gasteiger partial charge in [0.05, 0.1) is 5.69 Å². The van der Waals surface area contributed by atoms with Crippen LogP contribution in [-0.2, 0) is 4.79 Å². The van der Waals surface area contributed by atoms with Gasteiger partial charge in [0, 0.05) is 22.3 Å². The van der Waals surface area contributed by atoms with E-state index in [2.05, 4.69) is 10.4 Å². The summed E-state index contributed by atoms with van der Waals surface area (Å²) in [5.74, 6) is -0.308. The molecule has 0 spiro atoms. The first-order chi connectivity index (χ1) is 13.4. The molecule has 144 valence electrons. The normalized spacial score (nSPS) is 11.9. The van der Waals surface area contributed by atoms with Gasteiger partial charge in [0.2, 0.25) is 5.91 Å². The number of amides is 1. The number of hydrogen-bond donors (Lipinski definition) is 1. The lowest BCUT2D eigenvalue weighted by Gasteiger charge is -2.18. The van der Waals surface area contributed by atoms with E-state index in [1.165, 1.54) is 10.7 Å². The van der Waals surface area contributed by atoms with Crippen molar-refractivity contribution >= 4 is 23.2 Å². The molecule has 2 aromatic carbocycles. The predicted octanol–water partition coefficient (Wildman–Crippen LogP) is 4.77. The second-order valence-corrected chi connectivity index (χ2v) is 7.18. The van der Waals surface area contributed by atoms with E-state index in [0.29, 0.717) is 22.8 Å². The second kappa shape index (κ2) is 8.40. The third kappa shape index (κ3) is 4.31. The van der Waals surface area contributed by atoms with Crippen LogP contribution in [0.2, 0.25) is 5.02 Å². The third-order valence-electron chi connectivity index (χ3n) is 4.57. The molecule has 1 heterocycles. The number of halogens is 1. The molecule has 5 nitrogen and oxygen atoms in total. The minimum Gasteiger partial charge on any atom is -0.324 e. The van der Waals surface area contributed by atoms with E-state index in [-0.39, 0.29) is 11.5 Å². The number of rotatable bonds is 5. The summed E-state index contributed by atoms with van der Waals surface area (Å²) in [6.07, 6.45) is 0.426. The Hall–Kier alpha value is -2.92. The first-order valence-electron chi connectivity index (χ1n) is 9.13. The Kier molecular flexibility index (Phi) is 5.95. The van der Waals surface area contributed by atoms with Gasteiger partial charge in [-0.3, -0.25) is 9.59 Å². The fourth-order valence-electron chi connectivity index (χ4n) is 3.07. The molecule has 3 rings (SSSR count). The van der Waals surface area contributed by atoms with Crippen LogP contribution >= 0.6 is 11.6 Å². The zero-order valence-corrected chi connectivity index (χ0v) is 16.8. The molecule has 0 radical (unpaired) electrons. The number of nitrogens with one attached hydrogen (secondary N) is 1. The fourth-order valence-corrected chi connectivity index (χ4v) is 3.26. The highest BCUT2D eigenvalue weighted by Gasteiger charge is 2.22. The molecule has 3 aromatic rings. The molecule has 28 heavy (non-hydrogen) atoms. The van der Waals surface area contributed by atoms with Gasteiger partial charge in [0.1, 0.15) is 6.04 Å². The lowest BCUT2D eigenvalue weighted by atomic mass is 10.0. The second-order valence-electron chi connectivity index (χ2n) is 6.74. The quantitative estimate of drug-likeness (QED) is 0.676. The highest BCUT2D eigenvalue weighted by molar-refractivity contribution is 6.30. The van der Waals surface area contributed by atoms with Gasteiger partial charge in [0.25, 0.3) is 5.56 Å². The van der Waals surface area contributed by atoms with Crippen molar-refractivity contribution < 1.29 is 4.79 Å². The van der Waals surface area contributed by atoms with Crippen molar-refractivity contribution in [2.24, 2.45) is 0 Å². The summed E-state index contributed by atoms with van der Waals surface area (Å²) < 4.78 is 1.26. The standard InChI is InChI=1S/C22H22ClN3O2/c1-4-20(22(28)24-17-7-5-6-16(23)13-17)26-21(27)11-10-19(25-26)18-12-14(2)8-9-15(18)3/h5-13,20H,4H2,1-3H3,(H,24,28)/t20-/m1/s1. The van der Waals surface area contributed by atoms with E-state index in [1.54, 1.807) is 30.3 Å². The largest absolute Gasteiger partial charge is 0.324 e. The molecule has 0 aliphatic rings. The van der Waals surface area contributed by atoms with Crippen LogP contribution in [0.3, 0.4) is 0 Å². The van der Waals surface area contributed by atoms with Crippen LogP contribution in [0.5, 0.6) is 0 Å². The van der Waals surface area contributed by atoms with Crippen molar-refractivity contribution in [3.63, 3.8) is 0 Å². The molecule has 1 N–H and O–H groups in total. The molecule has 0 saturated carbocycles. The van der Waals surface area contributed by atoms with E-state index in [4.69, 9.17) is 11.6 Å². The molecule has 0 unspecified atom stereocenters.